The fraction of sp³-hybridized carbons (Fsp3) is 0.250. The fourth-order valence-electron chi connectivity index (χ4n) is 3.75. The Balaban J connectivity index is 1.60. The Hall–Kier alpha value is -3.54. The predicted molar refractivity (Wildman–Crippen MR) is 114 cm³/mol. The summed E-state index contributed by atoms with van der Waals surface area (Å²) in [4.78, 5) is 28.2. The van der Waals surface area contributed by atoms with Crippen molar-refractivity contribution in [3.63, 3.8) is 0 Å². The average Bonchev–Trinajstić information content (AvgIpc) is 3.24. The summed E-state index contributed by atoms with van der Waals surface area (Å²) in [6.45, 7) is 7.20. The number of hydrogen-bond acceptors (Lipinski definition) is 5. The number of benzene rings is 2. The molecule has 0 aliphatic heterocycles. The normalized spacial score (nSPS) is 12.3. The molecule has 0 spiro atoms. The molecule has 2 aromatic heterocycles. The number of aromatic nitrogens is 1. The molecule has 2 heterocycles. The second-order valence-corrected chi connectivity index (χ2v) is 7.23. The Morgan fingerprint density at radius 3 is 2.57 bits per heavy atom. The summed E-state index contributed by atoms with van der Waals surface area (Å²) in [5.41, 5.74) is 3.50. The van der Waals surface area contributed by atoms with Gasteiger partial charge in [0.1, 0.15) is 16.9 Å². The molecule has 4 rings (SSSR count). The highest BCUT2D eigenvalue weighted by molar-refractivity contribution is 6.06. The van der Waals surface area contributed by atoms with Gasteiger partial charge in [-0.15, -0.1) is 0 Å². The molecule has 2 aromatic carbocycles. The van der Waals surface area contributed by atoms with Crippen molar-refractivity contribution in [3.05, 3.63) is 65.0 Å². The van der Waals surface area contributed by atoms with Crippen LogP contribution in [0.2, 0.25) is 0 Å². The first-order chi connectivity index (χ1) is 14.4. The predicted octanol–water partition coefficient (Wildman–Crippen LogP) is 5.36. The molecular weight excluding hydrogens is 382 g/mol. The smallest absolute Gasteiger partial charge is 0.340 e. The molecule has 4 aromatic rings. The minimum Gasteiger partial charge on any atom is -0.482 e. The Bertz CT molecular complexity index is 1260. The van der Waals surface area contributed by atoms with Gasteiger partial charge in [0.15, 0.2) is 6.10 Å². The number of rotatable bonds is 6. The number of carbonyl (C=O) groups excluding carboxylic acids is 2. The number of H-pyrrole nitrogens is 1. The summed E-state index contributed by atoms with van der Waals surface area (Å²) in [7, 11) is 0. The lowest BCUT2D eigenvalue weighted by Crippen LogP contribution is -2.25. The maximum absolute atomic E-state index is 13.0. The third kappa shape index (κ3) is 3.34. The van der Waals surface area contributed by atoms with Crippen LogP contribution in [0.4, 0.5) is 0 Å². The van der Waals surface area contributed by atoms with Crippen LogP contribution in [0, 0.1) is 13.8 Å². The molecular formula is C24H23NO5. The highest BCUT2D eigenvalue weighted by Gasteiger charge is 2.26. The second kappa shape index (κ2) is 7.71. The van der Waals surface area contributed by atoms with Gasteiger partial charge in [0, 0.05) is 16.5 Å². The van der Waals surface area contributed by atoms with Crippen molar-refractivity contribution in [3.8, 4) is 5.75 Å². The highest BCUT2D eigenvalue weighted by Crippen LogP contribution is 2.32. The van der Waals surface area contributed by atoms with E-state index in [-0.39, 0.29) is 12.4 Å². The Kier molecular flexibility index (Phi) is 5.08. The number of furan rings is 1. The zero-order valence-corrected chi connectivity index (χ0v) is 17.4. The minimum absolute atomic E-state index is 0.233. The van der Waals surface area contributed by atoms with Crippen molar-refractivity contribution in [1.29, 1.82) is 0 Å². The van der Waals surface area contributed by atoms with Gasteiger partial charge in [-0.05, 0) is 57.5 Å². The fourth-order valence-corrected chi connectivity index (χ4v) is 3.75. The molecule has 0 saturated carbocycles. The number of ketones is 1. The Morgan fingerprint density at radius 1 is 1.07 bits per heavy atom. The third-order valence-corrected chi connectivity index (χ3v) is 5.19. The lowest BCUT2D eigenvalue weighted by molar-refractivity contribution is 0.0525. The molecule has 0 radical (unpaired) electrons. The molecule has 0 saturated heterocycles. The van der Waals surface area contributed by atoms with Gasteiger partial charge >= 0.3 is 5.97 Å². The van der Waals surface area contributed by atoms with E-state index in [1.165, 1.54) is 0 Å². The van der Waals surface area contributed by atoms with Gasteiger partial charge in [-0.3, -0.25) is 4.79 Å². The van der Waals surface area contributed by atoms with Gasteiger partial charge in [-0.2, -0.15) is 0 Å². The van der Waals surface area contributed by atoms with E-state index in [9.17, 15) is 9.59 Å². The number of ether oxygens (including phenoxy) is 2. The molecule has 154 valence electrons. The van der Waals surface area contributed by atoms with E-state index in [1.807, 2.05) is 36.4 Å². The molecule has 0 amide bonds. The lowest BCUT2D eigenvalue weighted by Gasteiger charge is -2.13. The summed E-state index contributed by atoms with van der Waals surface area (Å²) in [6, 6.07) is 13.3. The SMILES string of the molecule is CCOC(=O)c1c(C)[nH]c(C(=O)[C@H](C)Oc2ccc3oc4ccccc4c3c2)c1C. The first-order valence-electron chi connectivity index (χ1n) is 9.89. The standard InChI is InChI=1S/C24H23NO5/c1-5-28-24(27)21-13(2)22(25-14(21)3)23(26)15(4)29-16-10-11-20-18(12-16)17-8-6-7-9-19(17)30-20/h6-12,15,25H,5H2,1-4H3/t15-/m0/s1. The first-order valence-corrected chi connectivity index (χ1v) is 9.89. The maximum Gasteiger partial charge on any atom is 0.340 e. The van der Waals surface area contributed by atoms with E-state index in [0.29, 0.717) is 28.3 Å². The summed E-state index contributed by atoms with van der Waals surface area (Å²) in [6.07, 6.45) is -0.743. The quantitative estimate of drug-likeness (QED) is 0.345. The van der Waals surface area contributed by atoms with Gasteiger partial charge in [0.25, 0.3) is 0 Å². The Morgan fingerprint density at radius 2 is 1.80 bits per heavy atom. The van der Waals surface area contributed by atoms with E-state index < -0.39 is 12.1 Å². The number of Topliss-reactive ketones (excluding diaryl/α,β-unsaturated/α-hetero) is 1. The molecule has 0 aliphatic rings. The number of carbonyl (C=O) groups is 2. The van der Waals surface area contributed by atoms with Crippen LogP contribution >= 0.6 is 0 Å². The van der Waals surface area contributed by atoms with Crippen molar-refractivity contribution >= 4 is 33.7 Å². The molecule has 30 heavy (non-hydrogen) atoms. The van der Waals surface area contributed by atoms with Crippen molar-refractivity contribution in [2.45, 2.75) is 33.8 Å². The summed E-state index contributed by atoms with van der Waals surface area (Å²) in [5, 5.41) is 1.92. The zero-order chi connectivity index (χ0) is 21.4. The number of nitrogens with one attached hydrogen (secondary N) is 1. The topological polar surface area (TPSA) is 81.5 Å². The van der Waals surface area contributed by atoms with Gasteiger partial charge in [0.2, 0.25) is 5.78 Å². The number of hydrogen-bond donors (Lipinski definition) is 1. The van der Waals surface area contributed by atoms with Gasteiger partial charge in [-0.25, -0.2) is 4.79 Å². The minimum atomic E-state index is -0.743. The monoisotopic (exact) mass is 405 g/mol. The van der Waals surface area contributed by atoms with Crippen LogP contribution in [0.25, 0.3) is 21.9 Å². The van der Waals surface area contributed by atoms with Crippen LogP contribution in [0.15, 0.2) is 46.9 Å². The van der Waals surface area contributed by atoms with Crippen molar-refractivity contribution in [1.82, 2.24) is 4.98 Å². The largest absolute Gasteiger partial charge is 0.482 e. The van der Waals surface area contributed by atoms with E-state index in [1.54, 1.807) is 33.8 Å². The summed E-state index contributed by atoms with van der Waals surface area (Å²) >= 11 is 0. The first kappa shape index (κ1) is 19.8. The second-order valence-electron chi connectivity index (χ2n) is 7.23. The number of aromatic amines is 1. The van der Waals surface area contributed by atoms with Crippen molar-refractivity contribution < 1.29 is 23.5 Å². The van der Waals surface area contributed by atoms with Crippen LogP contribution in [0.5, 0.6) is 5.75 Å². The molecule has 1 atom stereocenters. The van der Waals surface area contributed by atoms with Crippen molar-refractivity contribution in [2.75, 3.05) is 6.61 Å². The van der Waals surface area contributed by atoms with Crippen molar-refractivity contribution in [2.24, 2.45) is 0 Å². The number of fused-ring (bicyclic) bond motifs is 3. The van der Waals surface area contributed by atoms with E-state index in [0.717, 1.165) is 21.9 Å². The third-order valence-electron chi connectivity index (χ3n) is 5.19. The van der Waals surface area contributed by atoms with E-state index in [4.69, 9.17) is 13.9 Å². The molecule has 6 nitrogen and oxygen atoms in total. The molecule has 1 N–H and O–H groups in total. The summed E-state index contributed by atoms with van der Waals surface area (Å²) < 4.78 is 16.9. The zero-order valence-electron chi connectivity index (χ0n) is 17.4. The molecule has 0 fully saturated rings. The van der Waals surface area contributed by atoms with Gasteiger partial charge in [-0.1, -0.05) is 18.2 Å². The van der Waals surface area contributed by atoms with Gasteiger partial charge < -0.3 is 18.9 Å². The molecule has 0 unspecified atom stereocenters. The molecule has 6 heteroatoms. The van der Waals surface area contributed by atoms with E-state index >= 15 is 0 Å². The number of esters is 1. The number of aryl methyl sites for hydroxylation is 1. The molecule has 0 aliphatic carbocycles. The number of para-hydroxylation sites is 1. The lowest BCUT2D eigenvalue weighted by atomic mass is 10.1. The van der Waals surface area contributed by atoms with E-state index in [2.05, 4.69) is 4.98 Å². The maximum atomic E-state index is 13.0. The van der Waals surface area contributed by atoms with Crippen LogP contribution in [-0.4, -0.2) is 29.4 Å². The van der Waals surface area contributed by atoms with Crippen LogP contribution in [0.3, 0.4) is 0 Å². The van der Waals surface area contributed by atoms with Crippen LogP contribution in [0.1, 0.15) is 46.0 Å². The average molecular weight is 405 g/mol. The Labute approximate surface area is 173 Å². The van der Waals surface area contributed by atoms with Crippen LogP contribution < -0.4 is 4.74 Å². The van der Waals surface area contributed by atoms with Crippen LogP contribution in [-0.2, 0) is 4.74 Å². The van der Waals surface area contributed by atoms with Gasteiger partial charge in [0.05, 0.1) is 17.9 Å². The molecule has 0 bridgehead atoms. The summed E-state index contributed by atoms with van der Waals surface area (Å²) in [5.74, 6) is -0.0987. The highest BCUT2D eigenvalue weighted by atomic mass is 16.5.